The second kappa shape index (κ2) is 5.77. The summed E-state index contributed by atoms with van der Waals surface area (Å²) in [5.41, 5.74) is 1.49. The van der Waals surface area contributed by atoms with Gasteiger partial charge >= 0.3 is 6.61 Å². The third kappa shape index (κ3) is 3.16. The van der Waals surface area contributed by atoms with E-state index in [1.165, 1.54) is 12.1 Å². The van der Waals surface area contributed by atoms with E-state index in [4.69, 9.17) is 11.6 Å². The highest BCUT2D eigenvalue weighted by Gasteiger charge is 2.05. The van der Waals surface area contributed by atoms with Crippen LogP contribution in [0.25, 0.3) is 5.69 Å². The van der Waals surface area contributed by atoms with Crippen molar-refractivity contribution >= 4 is 11.6 Å². The molecule has 2 aromatic rings. The van der Waals surface area contributed by atoms with Crippen molar-refractivity contribution in [3.8, 4) is 11.4 Å². The zero-order valence-corrected chi connectivity index (χ0v) is 10.0. The van der Waals surface area contributed by atoms with Crippen molar-refractivity contribution < 1.29 is 13.5 Å². The third-order valence-electron chi connectivity index (χ3n) is 2.22. The molecule has 0 aliphatic heterocycles. The maximum absolute atomic E-state index is 12.0. The summed E-state index contributed by atoms with van der Waals surface area (Å²) in [7, 11) is 0. The van der Waals surface area contributed by atoms with E-state index in [2.05, 4.69) is 15.0 Å². The van der Waals surface area contributed by atoms with Gasteiger partial charge in [-0.15, -0.1) is 16.7 Å². The Labute approximate surface area is 107 Å². The Hall–Kier alpha value is -1.69. The van der Waals surface area contributed by atoms with Crippen LogP contribution in [0.5, 0.6) is 5.75 Å². The Kier molecular flexibility index (Phi) is 4.09. The van der Waals surface area contributed by atoms with Crippen LogP contribution in [0, 0.1) is 0 Å². The second-order valence-electron chi connectivity index (χ2n) is 3.47. The average Bonchev–Trinajstić information content (AvgIpc) is 2.78. The summed E-state index contributed by atoms with van der Waals surface area (Å²) in [6, 6.07) is 6.14. The van der Waals surface area contributed by atoms with Crippen LogP contribution >= 0.6 is 11.6 Å². The lowest BCUT2D eigenvalue weighted by molar-refractivity contribution is -0.0498. The molecule has 1 aromatic heterocycles. The number of rotatable bonds is 5. The molecule has 0 fully saturated rings. The standard InChI is InChI=1S/C11H10ClF2N3O/c12-6-5-8-7-17(16-15-8)9-1-3-10(4-2-9)18-11(13)14/h1-4,7,11H,5-6H2. The van der Waals surface area contributed by atoms with Crippen LogP contribution in [-0.2, 0) is 6.42 Å². The first kappa shape index (κ1) is 12.8. The number of aryl methyl sites for hydroxylation is 1. The average molecular weight is 274 g/mol. The Bertz CT molecular complexity index is 501. The minimum Gasteiger partial charge on any atom is -0.435 e. The summed E-state index contributed by atoms with van der Waals surface area (Å²) in [5, 5.41) is 7.85. The van der Waals surface area contributed by atoms with Gasteiger partial charge < -0.3 is 4.74 Å². The molecular formula is C11H10ClF2N3O. The van der Waals surface area contributed by atoms with Crippen LogP contribution in [0.3, 0.4) is 0 Å². The van der Waals surface area contributed by atoms with Gasteiger partial charge in [0, 0.05) is 12.3 Å². The van der Waals surface area contributed by atoms with E-state index in [9.17, 15) is 8.78 Å². The fourth-order valence-corrected chi connectivity index (χ4v) is 1.61. The zero-order chi connectivity index (χ0) is 13.0. The van der Waals surface area contributed by atoms with Gasteiger partial charge in [-0.2, -0.15) is 8.78 Å². The molecule has 0 unspecified atom stereocenters. The van der Waals surface area contributed by atoms with E-state index < -0.39 is 6.61 Å². The summed E-state index contributed by atoms with van der Waals surface area (Å²) in [6.45, 7) is -2.82. The fraction of sp³-hybridized carbons (Fsp3) is 0.273. The van der Waals surface area contributed by atoms with Crippen molar-refractivity contribution in [2.45, 2.75) is 13.0 Å². The Morgan fingerprint density at radius 2 is 2.00 bits per heavy atom. The van der Waals surface area contributed by atoms with Crippen molar-refractivity contribution in [3.05, 3.63) is 36.2 Å². The summed E-state index contributed by atoms with van der Waals surface area (Å²) in [5.74, 6) is 0.578. The van der Waals surface area contributed by atoms with Gasteiger partial charge in [-0.25, -0.2) is 4.68 Å². The first-order valence-corrected chi connectivity index (χ1v) is 5.75. The van der Waals surface area contributed by atoms with Crippen molar-refractivity contribution in [3.63, 3.8) is 0 Å². The topological polar surface area (TPSA) is 39.9 Å². The van der Waals surface area contributed by atoms with Crippen LogP contribution in [0.1, 0.15) is 5.69 Å². The summed E-state index contributed by atoms with van der Waals surface area (Å²) in [6.07, 6.45) is 2.37. The lowest BCUT2D eigenvalue weighted by Gasteiger charge is -2.05. The minimum absolute atomic E-state index is 0.106. The van der Waals surface area contributed by atoms with Gasteiger partial charge in [-0.05, 0) is 24.3 Å². The van der Waals surface area contributed by atoms with E-state index in [1.54, 1.807) is 23.0 Å². The summed E-state index contributed by atoms with van der Waals surface area (Å²) >= 11 is 5.60. The van der Waals surface area contributed by atoms with Crippen molar-refractivity contribution in [2.75, 3.05) is 5.88 Å². The van der Waals surface area contributed by atoms with Crippen LogP contribution < -0.4 is 4.74 Å². The summed E-state index contributed by atoms with van der Waals surface area (Å²) < 4.78 is 29.7. The monoisotopic (exact) mass is 273 g/mol. The molecule has 0 amide bonds. The number of aromatic nitrogens is 3. The van der Waals surface area contributed by atoms with Gasteiger partial charge in [-0.1, -0.05) is 5.21 Å². The SMILES string of the molecule is FC(F)Oc1ccc(-n2cc(CCCl)nn2)cc1. The zero-order valence-electron chi connectivity index (χ0n) is 9.26. The van der Waals surface area contributed by atoms with Gasteiger partial charge in [0.1, 0.15) is 5.75 Å². The second-order valence-corrected chi connectivity index (χ2v) is 3.84. The lowest BCUT2D eigenvalue weighted by atomic mass is 10.3. The molecule has 0 saturated carbocycles. The molecule has 0 atom stereocenters. The quantitative estimate of drug-likeness (QED) is 0.786. The molecular weight excluding hydrogens is 264 g/mol. The van der Waals surface area contributed by atoms with Crippen molar-refractivity contribution in [2.24, 2.45) is 0 Å². The predicted molar refractivity (Wildman–Crippen MR) is 62.4 cm³/mol. The van der Waals surface area contributed by atoms with Gasteiger partial charge in [0.2, 0.25) is 0 Å². The number of alkyl halides is 3. The number of ether oxygens (including phenoxy) is 1. The first-order valence-electron chi connectivity index (χ1n) is 5.21. The van der Waals surface area contributed by atoms with Gasteiger partial charge in [0.25, 0.3) is 0 Å². The van der Waals surface area contributed by atoms with Crippen LogP contribution in [0.15, 0.2) is 30.5 Å². The highest BCUT2D eigenvalue weighted by molar-refractivity contribution is 6.17. The minimum atomic E-state index is -2.82. The first-order chi connectivity index (χ1) is 8.69. The maximum atomic E-state index is 12.0. The molecule has 1 aromatic carbocycles. The molecule has 96 valence electrons. The number of hydrogen-bond acceptors (Lipinski definition) is 3. The largest absolute Gasteiger partial charge is 0.435 e. The maximum Gasteiger partial charge on any atom is 0.387 e. The van der Waals surface area contributed by atoms with Gasteiger partial charge in [-0.3, -0.25) is 0 Å². The van der Waals surface area contributed by atoms with E-state index >= 15 is 0 Å². The molecule has 1 heterocycles. The number of hydrogen-bond donors (Lipinski definition) is 0. The van der Waals surface area contributed by atoms with Gasteiger partial charge in [0.05, 0.1) is 17.6 Å². The lowest BCUT2D eigenvalue weighted by Crippen LogP contribution is -2.02. The molecule has 4 nitrogen and oxygen atoms in total. The van der Waals surface area contributed by atoms with Crippen LogP contribution in [-0.4, -0.2) is 27.5 Å². The molecule has 0 radical (unpaired) electrons. The van der Waals surface area contributed by atoms with Crippen molar-refractivity contribution in [1.29, 1.82) is 0 Å². The highest BCUT2D eigenvalue weighted by atomic mass is 35.5. The number of halogens is 3. The number of benzene rings is 1. The Balaban J connectivity index is 2.12. The fourth-order valence-electron chi connectivity index (χ4n) is 1.42. The van der Waals surface area contributed by atoms with E-state index in [-0.39, 0.29) is 5.75 Å². The number of nitrogens with zero attached hydrogens (tertiary/aromatic N) is 3. The normalized spacial score (nSPS) is 10.9. The molecule has 0 aliphatic carbocycles. The molecule has 7 heteroatoms. The molecule has 0 N–H and O–H groups in total. The summed E-state index contributed by atoms with van der Waals surface area (Å²) in [4.78, 5) is 0. The third-order valence-corrected chi connectivity index (χ3v) is 2.41. The Morgan fingerprint density at radius 3 is 2.61 bits per heavy atom. The molecule has 0 saturated heterocycles. The van der Waals surface area contributed by atoms with Crippen LogP contribution in [0.4, 0.5) is 8.78 Å². The van der Waals surface area contributed by atoms with E-state index in [1.807, 2.05) is 0 Å². The Morgan fingerprint density at radius 1 is 1.28 bits per heavy atom. The molecule has 18 heavy (non-hydrogen) atoms. The van der Waals surface area contributed by atoms with E-state index in [0.717, 1.165) is 5.69 Å². The van der Waals surface area contributed by atoms with Crippen molar-refractivity contribution in [1.82, 2.24) is 15.0 Å². The highest BCUT2D eigenvalue weighted by Crippen LogP contribution is 2.16. The van der Waals surface area contributed by atoms with Gasteiger partial charge in [0.15, 0.2) is 0 Å². The van der Waals surface area contributed by atoms with Crippen LogP contribution in [0.2, 0.25) is 0 Å². The molecule has 0 aliphatic rings. The molecule has 2 rings (SSSR count). The van der Waals surface area contributed by atoms with E-state index in [0.29, 0.717) is 18.0 Å². The molecule has 0 bridgehead atoms. The molecule has 0 spiro atoms. The smallest absolute Gasteiger partial charge is 0.387 e. The predicted octanol–water partition coefficient (Wildman–Crippen LogP) is 2.65.